The van der Waals surface area contributed by atoms with Crippen LogP contribution in [0.5, 0.6) is 5.75 Å². The van der Waals surface area contributed by atoms with Gasteiger partial charge in [0.2, 0.25) is 0 Å². The Kier molecular flexibility index (Phi) is 2.98. The molecule has 0 aliphatic carbocycles. The number of rotatable bonds is 3. The van der Waals surface area contributed by atoms with Crippen LogP contribution in [0.1, 0.15) is 0 Å². The lowest BCUT2D eigenvalue weighted by molar-refractivity contribution is 0.415. The summed E-state index contributed by atoms with van der Waals surface area (Å²) in [4.78, 5) is 8.49. The number of hydrogen-bond donors (Lipinski definition) is 0. The van der Waals surface area contributed by atoms with Gasteiger partial charge in [-0.25, -0.2) is 9.97 Å². The number of benzene rings is 1. The highest BCUT2D eigenvalue weighted by molar-refractivity contribution is 5.65. The van der Waals surface area contributed by atoms with E-state index in [1.165, 1.54) is 6.33 Å². The number of ether oxygens (including phenoxy) is 1. The first-order chi connectivity index (χ1) is 9.36. The molecule has 0 N–H and O–H groups in total. The van der Waals surface area contributed by atoms with Gasteiger partial charge in [0.15, 0.2) is 5.76 Å². The molecule has 4 heteroatoms. The molecule has 2 heterocycles. The summed E-state index contributed by atoms with van der Waals surface area (Å²) in [6, 6.07) is 13.4. The maximum Gasteiger partial charge on any atom is 0.152 e. The Labute approximate surface area is 110 Å². The lowest BCUT2D eigenvalue weighted by Crippen LogP contribution is -1.89. The predicted molar refractivity (Wildman–Crippen MR) is 71.7 cm³/mol. The molecule has 3 aromatic rings. The van der Waals surface area contributed by atoms with Gasteiger partial charge in [-0.3, -0.25) is 0 Å². The standard InChI is InChI=1S/C15H12N2O2/c1-18-12-6-4-11(5-7-12)13-9-14(17-10-16-13)15-3-2-8-19-15/h2-10H,1H3. The smallest absolute Gasteiger partial charge is 0.152 e. The summed E-state index contributed by atoms with van der Waals surface area (Å²) in [5.41, 5.74) is 2.63. The first kappa shape index (κ1) is 11.5. The summed E-state index contributed by atoms with van der Waals surface area (Å²) in [6.07, 6.45) is 3.17. The van der Waals surface area contributed by atoms with Gasteiger partial charge < -0.3 is 9.15 Å². The molecule has 0 aliphatic heterocycles. The Morgan fingerprint density at radius 3 is 2.47 bits per heavy atom. The topological polar surface area (TPSA) is 48.2 Å². The molecule has 0 fully saturated rings. The first-order valence-electron chi connectivity index (χ1n) is 5.87. The average molecular weight is 252 g/mol. The maximum absolute atomic E-state index is 5.34. The highest BCUT2D eigenvalue weighted by Gasteiger charge is 2.06. The van der Waals surface area contributed by atoms with Crippen LogP contribution in [0.4, 0.5) is 0 Å². The lowest BCUT2D eigenvalue weighted by atomic mass is 10.1. The molecular formula is C15H12N2O2. The van der Waals surface area contributed by atoms with Crippen molar-refractivity contribution in [3.05, 3.63) is 55.1 Å². The van der Waals surface area contributed by atoms with Crippen molar-refractivity contribution >= 4 is 0 Å². The SMILES string of the molecule is COc1ccc(-c2cc(-c3ccco3)ncn2)cc1. The number of furan rings is 1. The van der Waals surface area contributed by atoms with E-state index in [2.05, 4.69) is 9.97 Å². The zero-order valence-electron chi connectivity index (χ0n) is 10.4. The van der Waals surface area contributed by atoms with Gasteiger partial charge >= 0.3 is 0 Å². The van der Waals surface area contributed by atoms with E-state index in [-0.39, 0.29) is 0 Å². The van der Waals surface area contributed by atoms with Crippen LogP contribution in [0.15, 0.2) is 59.5 Å². The zero-order valence-corrected chi connectivity index (χ0v) is 10.4. The van der Waals surface area contributed by atoms with E-state index in [4.69, 9.17) is 9.15 Å². The molecule has 0 atom stereocenters. The minimum absolute atomic E-state index is 0.733. The van der Waals surface area contributed by atoms with Crippen LogP contribution in [0.25, 0.3) is 22.7 Å². The highest BCUT2D eigenvalue weighted by Crippen LogP contribution is 2.24. The molecule has 2 aromatic heterocycles. The first-order valence-corrected chi connectivity index (χ1v) is 5.87. The molecule has 0 spiro atoms. The number of nitrogens with zero attached hydrogens (tertiary/aromatic N) is 2. The highest BCUT2D eigenvalue weighted by atomic mass is 16.5. The summed E-state index contributed by atoms with van der Waals surface area (Å²) >= 11 is 0. The van der Waals surface area contributed by atoms with Gasteiger partial charge in [0, 0.05) is 5.56 Å². The third-order valence-corrected chi connectivity index (χ3v) is 2.83. The number of hydrogen-bond acceptors (Lipinski definition) is 4. The lowest BCUT2D eigenvalue weighted by Gasteiger charge is -2.04. The predicted octanol–water partition coefficient (Wildman–Crippen LogP) is 3.41. The minimum atomic E-state index is 0.733. The molecule has 0 unspecified atom stereocenters. The fourth-order valence-electron chi connectivity index (χ4n) is 1.84. The zero-order chi connectivity index (χ0) is 13.1. The summed E-state index contributed by atoms with van der Waals surface area (Å²) in [5, 5.41) is 0. The second kappa shape index (κ2) is 4.94. The van der Waals surface area contributed by atoms with Crippen molar-refractivity contribution in [3.8, 4) is 28.5 Å². The minimum Gasteiger partial charge on any atom is -0.497 e. The summed E-state index contributed by atoms with van der Waals surface area (Å²) in [5.74, 6) is 1.56. The summed E-state index contributed by atoms with van der Waals surface area (Å²) in [7, 11) is 1.65. The van der Waals surface area contributed by atoms with Gasteiger partial charge in [-0.1, -0.05) is 0 Å². The fourth-order valence-corrected chi connectivity index (χ4v) is 1.84. The molecule has 0 amide bonds. The largest absolute Gasteiger partial charge is 0.497 e. The van der Waals surface area contributed by atoms with Gasteiger partial charge in [0.05, 0.1) is 19.1 Å². The Morgan fingerprint density at radius 1 is 1.00 bits per heavy atom. The van der Waals surface area contributed by atoms with Crippen LogP contribution in [-0.4, -0.2) is 17.1 Å². The molecule has 0 saturated carbocycles. The van der Waals surface area contributed by atoms with Crippen molar-refractivity contribution in [2.75, 3.05) is 7.11 Å². The van der Waals surface area contributed by atoms with Crippen molar-refractivity contribution in [1.82, 2.24) is 9.97 Å². The van der Waals surface area contributed by atoms with Gasteiger partial charge in [-0.2, -0.15) is 0 Å². The third kappa shape index (κ3) is 2.33. The van der Waals surface area contributed by atoms with E-state index in [1.54, 1.807) is 13.4 Å². The Bertz CT molecular complexity index is 661. The van der Waals surface area contributed by atoms with Gasteiger partial charge in [0.25, 0.3) is 0 Å². The van der Waals surface area contributed by atoms with E-state index in [0.717, 1.165) is 28.5 Å². The summed E-state index contributed by atoms with van der Waals surface area (Å²) < 4.78 is 10.5. The van der Waals surface area contributed by atoms with E-state index in [1.807, 2.05) is 42.5 Å². The van der Waals surface area contributed by atoms with Crippen molar-refractivity contribution in [3.63, 3.8) is 0 Å². The third-order valence-electron chi connectivity index (χ3n) is 2.83. The van der Waals surface area contributed by atoms with Gasteiger partial charge in [0.1, 0.15) is 17.8 Å². The average Bonchev–Trinajstić information content (AvgIpc) is 3.02. The second-order valence-corrected chi connectivity index (χ2v) is 3.99. The fraction of sp³-hybridized carbons (Fsp3) is 0.0667. The van der Waals surface area contributed by atoms with E-state index in [9.17, 15) is 0 Å². The Hall–Kier alpha value is -2.62. The molecule has 94 valence electrons. The monoisotopic (exact) mass is 252 g/mol. The van der Waals surface area contributed by atoms with Crippen molar-refractivity contribution in [2.24, 2.45) is 0 Å². The molecule has 0 aliphatic rings. The van der Waals surface area contributed by atoms with Crippen LogP contribution >= 0.6 is 0 Å². The van der Waals surface area contributed by atoms with Crippen LogP contribution in [0, 0.1) is 0 Å². The maximum atomic E-state index is 5.34. The summed E-state index contributed by atoms with van der Waals surface area (Å²) in [6.45, 7) is 0. The van der Waals surface area contributed by atoms with Crippen LogP contribution < -0.4 is 4.74 Å². The van der Waals surface area contributed by atoms with Crippen molar-refractivity contribution in [2.45, 2.75) is 0 Å². The van der Waals surface area contributed by atoms with E-state index in [0.29, 0.717) is 0 Å². The van der Waals surface area contributed by atoms with Gasteiger partial charge in [-0.15, -0.1) is 0 Å². The molecule has 3 rings (SSSR count). The molecule has 19 heavy (non-hydrogen) atoms. The van der Waals surface area contributed by atoms with E-state index >= 15 is 0 Å². The Morgan fingerprint density at radius 2 is 1.79 bits per heavy atom. The number of aromatic nitrogens is 2. The van der Waals surface area contributed by atoms with Crippen LogP contribution in [0.3, 0.4) is 0 Å². The van der Waals surface area contributed by atoms with Crippen molar-refractivity contribution in [1.29, 1.82) is 0 Å². The van der Waals surface area contributed by atoms with Crippen LogP contribution in [-0.2, 0) is 0 Å². The van der Waals surface area contributed by atoms with Gasteiger partial charge in [-0.05, 0) is 42.5 Å². The second-order valence-electron chi connectivity index (χ2n) is 3.99. The molecule has 1 aromatic carbocycles. The molecule has 0 bridgehead atoms. The van der Waals surface area contributed by atoms with E-state index < -0.39 is 0 Å². The van der Waals surface area contributed by atoms with Crippen LogP contribution in [0.2, 0.25) is 0 Å². The normalized spacial score (nSPS) is 10.4. The number of methoxy groups -OCH3 is 1. The molecule has 0 saturated heterocycles. The Balaban J connectivity index is 1.98. The van der Waals surface area contributed by atoms with Crippen molar-refractivity contribution < 1.29 is 9.15 Å². The quantitative estimate of drug-likeness (QED) is 0.716. The molecule has 0 radical (unpaired) electrons. The molecule has 4 nitrogen and oxygen atoms in total. The molecular weight excluding hydrogens is 240 g/mol.